The number of imidazole rings is 1. The topological polar surface area (TPSA) is 40.7 Å². The highest BCUT2D eigenvalue weighted by atomic mass is 35.5. The predicted molar refractivity (Wildman–Crippen MR) is 79.3 cm³/mol. The number of benzene rings is 1. The zero-order chi connectivity index (χ0) is 14.5. The third-order valence-electron chi connectivity index (χ3n) is 2.92. The number of nitrogens with zero attached hydrogens (tertiary/aromatic N) is 1. The molecule has 2 N–H and O–H groups in total. The van der Waals surface area contributed by atoms with E-state index in [1.807, 2.05) is 6.20 Å². The van der Waals surface area contributed by atoms with Crippen molar-refractivity contribution in [1.82, 2.24) is 15.3 Å². The first-order valence-corrected chi connectivity index (χ1v) is 7.10. The van der Waals surface area contributed by atoms with Crippen LogP contribution in [0.1, 0.15) is 30.9 Å². The normalized spacial score (nSPS) is 11.2. The maximum absolute atomic E-state index is 13.0. The molecule has 0 unspecified atom stereocenters. The first kappa shape index (κ1) is 15.0. The van der Waals surface area contributed by atoms with E-state index < -0.39 is 0 Å². The average molecular weight is 296 g/mol. The molecule has 0 atom stereocenters. The van der Waals surface area contributed by atoms with Crippen LogP contribution in [0.5, 0.6) is 0 Å². The largest absolute Gasteiger partial charge is 0.345 e. The van der Waals surface area contributed by atoms with E-state index in [0.717, 1.165) is 30.2 Å². The van der Waals surface area contributed by atoms with Crippen LogP contribution in [0.2, 0.25) is 5.02 Å². The van der Waals surface area contributed by atoms with E-state index in [2.05, 4.69) is 29.1 Å². The number of hydrogen-bond donors (Lipinski definition) is 2. The van der Waals surface area contributed by atoms with E-state index in [0.29, 0.717) is 17.4 Å². The fraction of sp³-hybridized carbons (Fsp3) is 0.400. The van der Waals surface area contributed by atoms with Crippen LogP contribution >= 0.6 is 11.6 Å². The van der Waals surface area contributed by atoms with Crippen molar-refractivity contribution >= 4 is 11.6 Å². The number of rotatable bonds is 6. The SMILES string of the molecule is CC(C)CNCc1cnc(Cc2ccc(F)cc2Cl)[nH]1. The van der Waals surface area contributed by atoms with Gasteiger partial charge in [-0.2, -0.15) is 0 Å². The molecular weight excluding hydrogens is 277 g/mol. The molecule has 0 fully saturated rings. The predicted octanol–water partition coefficient (Wildman–Crippen LogP) is 3.54. The maximum Gasteiger partial charge on any atom is 0.124 e. The molecule has 3 nitrogen and oxygen atoms in total. The van der Waals surface area contributed by atoms with Crippen molar-refractivity contribution in [1.29, 1.82) is 0 Å². The highest BCUT2D eigenvalue weighted by Crippen LogP contribution is 2.19. The summed E-state index contributed by atoms with van der Waals surface area (Å²) in [6.07, 6.45) is 2.39. The second-order valence-electron chi connectivity index (χ2n) is 5.29. The van der Waals surface area contributed by atoms with Gasteiger partial charge in [0.1, 0.15) is 11.6 Å². The van der Waals surface area contributed by atoms with Gasteiger partial charge in [-0.25, -0.2) is 9.37 Å². The van der Waals surface area contributed by atoms with Crippen LogP contribution in [-0.4, -0.2) is 16.5 Å². The third-order valence-corrected chi connectivity index (χ3v) is 3.27. The lowest BCUT2D eigenvalue weighted by molar-refractivity contribution is 0.548. The number of nitrogens with one attached hydrogen (secondary N) is 2. The second kappa shape index (κ2) is 6.86. The summed E-state index contributed by atoms with van der Waals surface area (Å²) in [7, 11) is 0. The summed E-state index contributed by atoms with van der Waals surface area (Å²) in [5, 5.41) is 3.78. The minimum atomic E-state index is -0.322. The molecule has 2 rings (SSSR count). The molecular formula is C15H19ClFN3. The fourth-order valence-corrected chi connectivity index (χ4v) is 2.16. The van der Waals surface area contributed by atoms with Gasteiger partial charge in [-0.1, -0.05) is 31.5 Å². The summed E-state index contributed by atoms with van der Waals surface area (Å²) in [6.45, 7) is 6.07. The summed E-state index contributed by atoms with van der Waals surface area (Å²) in [6, 6.07) is 4.43. The fourth-order valence-electron chi connectivity index (χ4n) is 1.93. The molecule has 0 saturated heterocycles. The number of hydrogen-bond acceptors (Lipinski definition) is 2. The van der Waals surface area contributed by atoms with Gasteiger partial charge in [0, 0.05) is 29.9 Å². The molecule has 1 heterocycles. The van der Waals surface area contributed by atoms with E-state index in [4.69, 9.17) is 11.6 Å². The first-order chi connectivity index (χ1) is 9.54. The smallest absolute Gasteiger partial charge is 0.124 e. The van der Waals surface area contributed by atoms with Crippen molar-refractivity contribution in [3.63, 3.8) is 0 Å². The van der Waals surface area contributed by atoms with E-state index >= 15 is 0 Å². The minimum Gasteiger partial charge on any atom is -0.345 e. The lowest BCUT2D eigenvalue weighted by atomic mass is 10.1. The van der Waals surface area contributed by atoms with E-state index in [9.17, 15) is 4.39 Å². The standard InChI is InChI=1S/C15H19ClFN3/c1-10(2)7-18-8-13-9-19-15(20-13)5-11-3-4-12(17)6-14(11)16/h3-4,6,9-10,18H,5,7-8H2,1-2H3,(H,19,20). The molecule has 5 heteroatoms. The molecule has 1 aromatic carbocycles. The molecule has 0 bridgehead atoms. The van der Waals surface area contributed by atoms with Crippen LogP contribution in [0.25, 0.3) is 0 Å². The van der Waals surface area contributed by atoms with E-state index in [1.54, 1.807) is 6.07 Å². The number of H-pyrrole nitrogens is 1. The van der Waals surface area contributed by atoms with E-state index in [1.165, 1.54) is 12.1 Å². The van der Waals surface area contributed by atoms with Crippen molar-refractivity contribution in [2.45, 2.75) is 26.8 Å². The Morgan fingerprint density at radius 1 is 1.40 bits per heavy atom. The Bertz CT molecular complexity index is 566. The van der Waals surface area contributed by atoms with Crippen LogP contribution < -0.4 is 5.32 Å². The number of halogens is 2. The van der Waals surface area contributed by atoms with Crippen molar-refractivity contribution in [3.8, 4) is 0 Å². The Kier molecular flexibility index (Phi) is 5.15. The highest BCUT2D eigenvalue weighted by molar-refractivity contribution is 6.31. The summed E-state index contributed by atoms with van der Waals surface area (Å²) in [5.74, 6) is 1.13. The third kappa shape index (κ3) is 4.32. The van der Waals surface area contributed by atoms with Gasteiger partial charge >= 0.3 is 0 Å². The molecule has 2 aromatic rings. The zero-order valence-corrected chi connectivity index (χ0v) is 12.5. The van der Waals surface area contributed by atoms with Gasteiger partial charge in [-0.05, 0) is 30.2 Å². The molecule has 20 heavy (non-hydrogen) atoms. The quantitative estimate of drug-likeness (QED) is 0.856. The summed E-state index contributed by atoms with van der Waals surface area (Å²) < 4.78 is 13.0. The van der Waals surface area contributed by atoms with Gasteiger partial charge in [0.05, 0.1) is 0 Å². The monoisotopic (exact) mass is 295 g/mol. The molecule has 0 aliphatic carbocycles. The Labute approximate surface area is 123 Å². The number of aromatic amines is 1. The summed E-state index contributed by atoms with van der Waals surface area (Å²) in [5.41, 5.74) is 1.91. The van der Waals surface area contributed by atoms with Crippen LogP contribution in [-0.2, 0) is 13.0 Å². The molecule has 0 aliphatic heterocycles. The van der Waals surface area contributed by atoms with Crippen molar-refractivity contribution in [2.24, 2.45) is 5.92 Å². The van der Waals surface area contributed by atoms with Crippen LogP contribution in [0.15, 0.2) is 24.4 Å². The molecule has 0 spiro atoms. The zero-order valence-electron chi connectivity index (χ0n) is 11.7. The minimum absolute atomic E-state index is 0.322. The van der Waals surface area contributed by atoms with E-state index in [-0.39, 0.29) is 5.82 Å². The van der Waals surface area contributed by atoms with Crippen molar-refractivity contribution in [3.05, 3.63) is 52.3 Å². The molecule has 1 aromatic heterocycles. The van der Waals surface area contributed by atoms with Crippen molar-refractivity contribution < 1.29 is 4.39 Å². The van der Waals surface area contributed by atoms with Gasteiger partial charge in [0.2, 0.25) is 0 Å². The van der Waals surface area contributed by atoms with Crippen LogP contribution in [0.4, 0.5) is 4.39 Å². The molecule has 108 valence electrons. The van der Waals surface area contributed by atoms with Gasteiger partial charge in [0.15, 0.2) is 0 Å². The lowest BCUT2D eigenvalue weighted by Crippen LogP contribution is -2.19. The van der Waals surface area contributed by atoms with Crippen LogP contribution in [0, 0.1) is 11.7 Å². The molecule has 0 saturated carbocycles. The Morgan fingerprint density at radius 2 is 2.20 bits per heavy atom. The van der Waals surface area contributed by atoms with Gasteiger partial charge in [0.25, 0.3) is 0 Å². The van der Waals surface area contributed by atoms with Crippen LogP contribution in [0.3, 0.4) is 0 Å². The summed E-state index contributed by atoms with van der Waals surface area (Å²) in [4.78, 5) is 7.58. The molecule has 0 amide bonds. The highest BCUT2D eigenvalue weighted by Gasteiger charge is 2.06. The molecule has 0 radical (unpaired) electrons. The maximum atomic E-state index is 13.0. The summed E-state index contributed by atoms with van der Waals surface area (Å²) >= 11 is 6.01. The Hall–Kier alpha value is -1.39. The van der Waals surface area contributed by atoms with Gasteiger partial charge in [-0.15, -0.1) is 0 Å². The Balaban J connectivity index is 1.95. The first-order valence-electron chi connectivity index (χ1n) is 6.72. The Morgan fingerprint density at radius 3 is 2.90 bits per heavy atom. The number of aromatic nitrogens is 2. The lowest BCUT2D eigenvalue weighted by Gasteiger charge is -2.05. The molecule has 0 aliphatic rings. The average Bonchev–Trinajstić information content (AvgIpc) is 2.80. The van der Waals surface area contributed by atoms with Crippen molar-refractivity contribution in [2.75, 3.05) is 6.54 Å². The van der Waals surface area contributed by atoms with Gasteiger partial charge < -0.3 is 10.3 Å². The van der Waals surface area contributed by atoms with Gasteiger partial charge in [-0.3, -0.25) is 0 Å². The second-order valence-corrected chi connectivity index (χ2v) is 5.70.